The van der Waals surface area contributed by atoms with Gasteiger partial charge in [0, 0.05) is 18.0 Å². The number of rotatable bonds is 3. The molecule has 1 aromatic carbocycles. The van der Waals surface area contributed by atoms with Gasteiger partial charge in [0.1, 0.15) is 5.75 Å². The number of carbonyl (C=O) groups is 1. The van der Waals surface area contributed by atoms with Crippen molar-refractivity contribution >= 4 is 17.3 Å². The van der Waals surface area contributed by atoms with Crippen LogP contribution in [0.25, 0.3) is 0 Å². The van der Waals surface area contributed by atoms with Crippen molar-refractivity contribution in [1.82, 2.24) is 5.32 Å². The predicted octanol–water partition coefficient (Wildman–Crippen LogP) is 1.63. The standard InChI is InChI=1S/C13H17N3O4/c1-8-7-9(5-6-14-8)13(18)15-12-10(16(19)20)3-2-4-11(12)17/h2-4,8-9,14,17H,5-7H2,1H3,(H,15,18). The number of nitro benzene ring substituents is 1. The maximum Gasteiger partial charge on any atom is 0.296 e. The van der Waals surface area contributed by atoms with Crippen molar-refractivity contribution in [2.75, 3.05) is 11.9 Å². The van der Waals surface area contributed by atoms with Crippen LogP contribution < -0.4 is 10.6 Å². The minimum Gasteiger partial charge on any atom is -0.505 e. The number of piperidine rings is 1. The number of hydrogen-bond acceptors (Lipinski definition) is 5. The van der Waals surface area contributed by atoms with Gasteiger partial charge >= 0.3 is 0 Å². The van der Waals surface area contributed by atoms with Gasteiger partial charge in [-0.1, -0.05) is 6.07 Å². The molecule has 108 valence electrons. The van der Waals surface area contributed by atoms with Crippen LogP contribution >= 0.6 is 0 Å². The number of carbonyl (C=O) groups excluding carboxylic acids is 1. The summed E-state index contributed by atoms with van der Waals surface area (Å²) in [4.78, 5) is 22.5. The second-order valence-corrected chi connectivity index (χ2v) is 4.99. The lowest BCUT2D eigenvalue weighted by atomic mass is 9.92. The number of para-hydroxylation sites is 1. The molecule has 0 aromatic heterocycles. The van der Waals surface area contributed by atoms with E-state index in [0.717, 1.165) is 6.54 Å². The van der Waals surface area contributed by atoms with Gasteiger partial charge < -0.3 is 15.7 Å². The Labute approximate surface area is 116 Å². The van der Waals surface area contributed by atoms with Gasteiger partial charge in [-0.05, 0) is 32.4 Å². The van der Waals surface area contributed by atoms with Gasteiger partial charge in [0.15, 0.2) is 5.69 Å². The molecule has 2 rings (SSSR count). The fourth-order valence-electron chi connectivity index (χ4n) is 2.40. The summed E-state index contributed by atoms with van der Waals surface area (Å²) in [5.41, 5.74) is -0.436. The summed E-state index contributed by atoms with van der Waals surface area (Å²) < 4.78 is 0. The molecule has 2 atom stereocenters. The normalized spacial score (nSPS) is 22.2. The highest BCUT2D eigenvalue weighted by molar-refractivity contribution is 5.96. The van der Waals surface area contributed by atoms with E-state index in [-0.39, 0.29) is 35.0 Å². The zero-order valence-corrected chi connectivity index (χ0v) is 11.1. The fraction of sp³-hybridized carbons (Fsp3) is 0.462. The lowest BCUT2D eigenvalue weighted by Gasteiger charge is -2.27. The van der Waals surface area contributed by atoms with Crippen molar-refractivity contribution < 1.29 is 14.8 Å². The van der Waals surface area contributed by atoms with Gasteiger partial charge in [-0.2, -0.15) is 0 Å². The number of hydrogen-bond donors (Lipinski definition) is 3. The van der Waals surface area contributed by atoms with E-state index >= 15 is 0 Å². The lowest BCUT2D eigenvalue weighted by molar-refractivity contribution is -0.384. The summed E-state index contributed by atoms with van der Waals surface area (Å²) in [7, 11) is 0. The van der Waals surface area contributed by atoms with E-state index in [0.29, 0.717) is 12.8 Å². The average molecular weight is 279 g/mol. The maximum absolute atomic E-state index is 12.2. The number of phenols is 1. The molecule has 0 saturated carbocycles. The Kier molecular flexibility index (Phi) is 4.19. The Balaban J connectivity index is 2.17. The molecule has 0 aliphatic carbocycles. The van der Waals surface area contributed by atoms with Crippen molar-refractivity contribution in [3.8, 4) is 5.75 Å². The molecule has 20 heavy (non-hydrogen) atoms. The molecule has 3 N–H and O–H groups in total. The Morgan fingerprint density at radius 3 is 2.95 bits per heavy atom. The van der Waals surface area contributed by atoms with Crippen molar-refractivity contribution in [2.45, 2.75) is 25.8 Å². The first-order valence-electron chi connectivity index (χ1n) is 6.49. The Morgan fingerprint density at radius 1 is 1.55 bits per heavy atom. The summed E-state index contributed by atoms with van der Waals surface area (Å²) >= 11 is 0. The average Bonchev–Trinajstić information content (AvgIpc) is 2.40. The highest BCUT2D eigenvalue weighted by Gasteiger charge is 2.27. The van der Waals surface area contributed by atoms with E-state index in [1.54, 1.807) is 0 Å². The first kappa shape index (κ1) is 14.3. The largest absolute Gasteiger partial charge is 0.505 e. The number of phenolic OH excluding ortho intramolecular Hbond substituents is 1. The molecule has 0 bridgehead atoms. The van der Waals surface area contributed by atoms with Crippen molar-refractivity contribution in [1.29, 1.82) is 0 Å². The Bertz CT molecular complexity index is 532. The molecule has 0 radical (unpaired) electrons. The topological polar surface area (TPSA) is 104 Å². The van der Waals surface area contributed by atoms with Crippen LogP contribution in [0.15, 0.2) is 18.2 Å². The number of nitrogens with zero attached hydrogens (tertiary/aromatic N) is 1. The molecule has 0 spiro atoms. The molecule has 1 saturated heterocycles. The van der Waals surface area contributed by atoms with Crippen molar-refractivity contribution in [3.05, 3.63) is 28.3 Å². The smallest absolute Gasteiger partial charge is 0.296 e. The van der Waals surface area contributed by atoms with Crippen LogP contribution in [-0.2, 0) is 4.79 Å². The summed E-state index contributed by atoms with van der Waals surface area (Å²) in [6.45, 7) is 2.73. The molecule has 1 amide bonds. The Morgan fingerprint density at radius 2 is 2.30 bits per heavy atom. The molecule has 1 aliphatic rings. The van der Waals surface area contributed by atoms with Gasteiger partial charge in [-0.3, -0.25) is 14.9 Å². The molecular weight excluding hydrogens is 262 g/mol. The van der Waals surface area contributed by atoms with Crippen LogP contribution in [0.3, 0.4) is 0 Å². The highest BCUT2D eigenvalue weighted by atomic mass is 16.6. The maximum atomic E-state index is 12.2. The van der Waals surface area contributed by atoms with Crippen LogP contribution in [0.2, 0.25) is 0 Å². The van der Waals surface area contributed by atoms with E-state index in [1.165, 1.54) is 18.2 Å². The van der Waals surface area contributed by atoms with Crippen LogP contribution in [0.5, 0.6) is 5.75 Å². The first-order valence-corrected chi connectivity index (χ1v) is 6.49. The number of nitro groups is 1. The summed E-state index contributed by atoms with van der Waals surface area (Å²) in [6.07, 6.45) is 1.35. The molecular formula is C13H17N3O4. The van der Waals surface area contributed by atoms with Gasteiger partial charge in [-0.15, -0.1) is 0 Å². The van der Waals surface area contributed by atoms with E-state index in [1.807, 2.05) is 6.92 Å². The lowest BCUT2D eigenvalue weighted by Crippen LogP contribution is -2.40. The predicted molar refractivity (Wildman–Crippen MR) is 73.6 cm³/mol. The molecule has 1 aromatic rings. The minimum absolute atomic E-state index is 0.131. The summed E-state index contributed by atoms with van der Waals surface area (Å²) in [5, 5.41) is 26.4. The SMILES string of the molecule is CC1CC(C(=O)Nc2c(O)cccc2[N+](=O)[O-])CCN1. The number of anilines is 1. The third-order valence-electron chi connectivity index (χ3n) is 3.46. The summed E-state index contributed by atoms with van der Waals surface area (Å²) in [6, 6.07) is 4.17. The molecule has 1 fully saturated rings. The van der Waals surface area contributed by atoms with E-state index in [2.05, 4.69) is 10.6 Å². The minimum atomic E-state index is -0.625. The molecule has 1 aliphatic heterocycles. The molecule has 7 nitrogen and oxygen atoms in total. The number of nitrogens with one attached hydrogen (secondary N) is 2. The first-order chi connectivity index (χ1) is 9.49. The molecule has 1 heterocycles. The van der Waals surface area contributed by atoms with E-state index < -0.39 is 4.92 Å². The van der Waals surface area contributed by atoms with Gasteiger partial charge in [0.25, 0.3) is 5.69 Å². The number of benzene rings is 1. The van der Waals surface area contributed by atoms with E-state index in [4.69, 9.17) is 0 Å². The summed E-state index contributed by atoms with van der Waals surface area (Å²) in [5.74, 6) is -0.789. The quantitative estimate of drug-likeness (QED) is 0.443. The van der Waals surface area contributed by atoms with Gasteiger partial charge in [0.2, 0.25) is 5.91 Å². The van der Waals surface area contributed by atoms with Crippen LogP contribution in [0.1, 0.15) is 19.8 Å². The number of amides is 1. The second-order valence-electron chi connectivity index (χ2n) is 4.99. The highest BCUT2D eigenvalue weighted by Crippen LogP contribution is 2.34. The van der Waals surface area contributed by atoms with Crippen molar-refractivity contribution in [3.63, 3.8) is 0 Å². The van der Waals surface area contributed by atoms with Crippen LogP contribution in [0, 0.1) is 16.0 Å². The molecule has 2 unspecified atom stereocenters. The van der Waals surface area contributed by atoms with E-state index in [9.17, 15) is 20.0 Å². The van der Waals surface area contributed by atoms with Gasteiger partial charge in [-0.25, -0.2) is 0 Å². The second kappa shape index (κ2) is 5.87. The fourth-order valence-corrected chi connectivity index (χ4v) is 2.40. The zero-order chi connectivity index (χ0) is 14.7. The number of aromatic hydroxyl groups is 1. The Hall–Kier alpha value is -2.15. The zero-order valence-electron chi connectivity index (χ0n) is 11.1. The third kappa shape index (κ3) is 3.05. The van der Waals surface area contributed by atoms with Gasteiger partial charge in [0.05, 0.1) is 4.92 Å². The van der Waals surface area contributed by atoms with Crippen LogP contribution in [0.4, 0.5) is 11.4 Å². The van der Waals surface area contributed by atoms with Crippen molar-refractivity contribution in [2.24, 2.45) is 5.92 Å². The van der Waals surface area contributed by atoms with Crippen LogP contribution in [-0.4, -0.2) is 28.5 Å². The molecule has 7 heteroatoms. The monoisotopic (exact) mass is 279 g/mol. The third-order valence-corrected chi connectivity index (χ3v) is 3.46.